The first-order valence-electron chi connectivity index (χ1n) is 6.04. The Morgan fingerprint density at radius 3 is 2.60 bits per heavy atom. The van der Waals surface area contributed by atoms with Crippen molar-refractivity contribution in [1.29, 1.82) is 0 Å². The number of aryl methyl sites for hydroxylation is 2. The van der Waals surface area contributed by atoms with Gasteiger partial charge in [-0.05, 0) is 43.7 Å². The van der Waals surface area contributed by atoms with Gasteiger partial charge in [0.05, 0.1) is 5.56 Å². The van der Waals surface area contributed by atoms with E-state index in [0.717, 1.165) is 11.1 Å². The summed E-state index contributed by atoms with van der Waals surface area (Å²) in [6, 6.07) is 10.9. The van der Waals surface area contributed by atoms with Crippen LogP contribution in [0.2, 0.25) is 5.02 Å². The molecule has 0 atom stereocenters. The van der Waals surface area contributed by atoms with Crippen LogP contribution in [0.3, 0.4) is 0 Å². The molecule has 0 aliphatic heterocycles. The van der Waals surface area contributed by atoms with Crippen molar-refractivity contribution in [3.8, 4) is 11.5 Å². The summed E-state index contributed by atoms with van der Waals surface area (Å²) in [5.74, 6) is 1.15. The molecule has 0 saturated heterocycles. The molecule has 0 spiro atoms. The highest BCUT2D eigenvalue weighted by Crippen LogP contribution is 2.30. The maximum atomic E-state index is 8.85. The molecular formula is C15H15ClN2O2. The van der Waals surface area contributed by atoms with Gasteiger partial charge in [0.15, 0.2) is 5.84 Å². The van der Waals surface area contributed by atoms with Crippen LogP contribution in [0.1, 0.15) is 16.7 Å². The van der Waals surface area contributed by atoms with Crippen molar-refractivity contribution in [2.24, 2.45) is 10.9 Å². The Kier molecular flexibility index (Phi) is 4.15. The van der Waals surface area contributed by atoms with Gasteiger partial charge in [-0.15, -0.1) is 0 Å². The van der Waals surface area contributed by atoms with E-state index in [0.29, 0.717) is 22.1 Å². The van der Waals surface area contributed by atoms with E-state index in [1.807, 2.05) is 26.0 Å². The quantitative estimate of drug-likeness (QED) is 0.390. The normalized spacial score (nSPS) is 11.4. The van der Waals surface area contributed by atoms with Crippen molar-refractivity contribution in [3.63, 3.8) is 0 Å². The topological polar surface area (TPSA) is 67.8 Å². The predicted molar refractivity (Wildman–Crippen MR) is 80.0 cm³/mol. The molecule has 0 bridgehead atoms. The second-order valence-corrected chi connectivity index (χ2v) is 4.93. The first kappa shape index (κ1) is 14.2. The molecular weight excluding hydrogens is 276 g/mol. The number of nitrogens with two attached hydrogens (primary N) is 1. The van der Waals surface area contributed by atoms with Crippen LogP contribution in [0.15, 0.2) is 41.6 Å². The number of hydrogen-bond donors (Lipinski definition) is 2. The summed E-state index contributed by atoms with van der Waals surface area (Å²) in [6.07, 6.45) is 0. The van der Waals surface area contributed by atoms with Gasteiger partial charge in [0.25, 0.3) is 0 Å². The summed E-state index contributed by atoms with van der Waals surface area (Å²) in [4.78, 5) is 0. The number of amidine groups is 1. The van der Waals surface area contributed by atoms with Crippen molar-refractivity contribution in [3.05, 3.63) is 58.1 Å². The van der Waals surface area contributed by atoms with Crippen LogP contribution >= 0.6 is 11.6 Å². The van der Waals surface area contributed by atoms with Gasteiger partial charge in [-0.1, -0.05) is 34.5 Å². The van der Waals surface area contributed by atoms with Gasteiger partial charge < -0.3 is 15.7 Å². The molecule has 0 fully saturated rings. The van der Waals surface area contributed by atoms with Gasteiger partial charge in [0, 0.05) is 5.02 Å². The lowest BCUT2D eigenvalue weighted by Gasteiger charge is -2.13. The highest BCUT2D eigenvalue weighted by atomic mass is 35.5. The minimum atomic E-state index is 0.00313. The minimum absolute atomic E-state index is 0.00313. The third-order valence-electron chi connectivity index (χ3n) is 2.89. The molecule has 0 aliphatic rings. The molecule has 2 rings (SSSR count). The molecule has 0 unspecified atom stereocenters. The Bertz CT molecular complexity index is 669. The fraction of sp³-hybridized carbons (Fsp3) is 0.133. The van der Waals surface area contributed by atoms with Gasteiger partial charge >= 0.3 is 0 Å². The minimum Gasteiger partial charge on any atom is -0.456 e. The van der Waals surface area contributed by atoms with E-state index in [9.17, 15) is 0 Å². The van der Waals surface area contributed by atoms with Gasteiger partial charge in [-0.3, -0.25) is 0 Å². The molecule has 5 heteroatoms. The van der Waals surface area contributed by atoms with E-state index in [4.69, 9.17) is 27.3 Å². The summed E-state index contributed by atoms with van der Waals surface area (Å²) in [7, 11) is 0. The highest BCUT2D eigenvalue weighted by Gasteiger charge is 2.11. The molecule has 0 aliphatic carbocycles. The zero-order chi connectivity index (χ0) is 14.7. The average Bonchev–Trinajstić information content (AvgIpc) is 2.43. The Morgan fingerprint density at radius 2 is 1.90 bits per heavy atom. The number of benzene rings is 2. The van der Waals surface area contributed by atoms with Crippen LogP contribution in [0.5, 0.6) is 11.5 Å². The third kappa shape index (κ3) is 3.03. The smallest absolute Gasteiger partial charge is 0.173 e. The Balaban J connectivity index is 2.46. The van der Waals surface area contributed by atoms with Crippen molar-refractivity contribution in [2.45, 2.75) is 13.8 Å². The number of hydrogen-bond acceptors (Lipinski definition) is 3. The van der Waals surface area contributed by atoms with E-state index in [1.165, 1.54) is 0 Å². The van der Waals surface area contributed by atoms with Crippen LogP contribution in [-0.4, -0.2) is 11.0 Å². The fourth-order valence-electron chi connectivity index (χ4n) is 1.79. The molecule has 20 heavy (non-hydrogen) atoms. The summed E-state index contributed by atoms with van der Waals surface area (Å²) in [5.41, 5.74) is 8.15. The second kappa shape index (κ2) is 5.84. The standard InChI is InChI=1S/C15H15ClN2O2/c1-9-3-6-13(12(7-9)15(17)18-19)20-14-8-11(16)5-4-10(14)2/h3-8,19H,1-2H3,(H2,17,18). The number of halogens is 1. The zero-order valence-electron chi connectivity index (χ0n) is 11.2. The van der Waals surface area contributed by atoms with Crippen LogP contribution in [-0.2, 0) is 0 Å². The lowest BCUT2D eigenvalue weighted by atomic mass is 10.1. The predicted octanol–water partition coefficient (Wildman–Crippen LogP) is 3.84. The first-order chi connectivity index (χ1) is 9.51. The highest BCUT2D eigenvalue weighted by molar-refractivity contribution is 6.30. The average molecular weight is 291 g/mol. The van der Waals surface area contributed by atoms with Crippen molar-refractivity contribution in [2.75, 3.05) is 0 Å². The molecule has 104 valence electrons. The van der Waals surface area contributed by atoms with Crippen LogP contribution in [0.4, 0.5) is 0 Å². The first-order valence-corrected chi connectivity index (χ1v) is 6.41. The summed E-state index contributed by atoms with van der Waals surface area (Å²) < 4.78 is 5.84. The summed E-state index contributed by atoms with van der Waals surface area (Å²) in [5, 5.41) is 12.5. The number of rotatable bonds is 3. The zero-order valence-corrected chi connectivity index (χ0v) is 12.0. The monoisotopic (exact) mass is 290 g/mol. The molecule has 0 saturated carbocycles. The maximum Gasteiger partial charge on any atom is 0.173 e. The SMILES string of the molecule is Cc1ccc(Oc2cc(Cl)ccc2C)c(/C(N)=N/O)c1. The van der Waals surface area contributed by atoms with E-state index in [1.54, 1.807) is 24.3 Å². The third-order valence-corrected chi connectivity index (χ3v) is 3.12. The number of nitrogens with zero attached hydrogens (tertiary/aromatic N) is 1. The van der Waals surface area contributed by atoms with E-state index >= 15 is 0 Å². The summed E-state index contributed by atoms with van der Waals surface area (Å²) in [6.45, 7) is 3.84. The van der Waals surface area contributed by atoms with E-state index in [2.05, 4.69) is 5.16 Å². The molecule has 0 amide bonds. The molecule has 2 aromatic carbocycles. The number of ether oxygens (including phenoxy) is 1. The second-order valence-electron chi connectivity index (χ2n) is 4.50. The summed E-state index contributed by atoms with van der Waals surface area (Å²) >= 11 is 5.97. The Morgan fingerprint density at radius 1 is 1.15 bits per heavy atom. The molecule has 4 nitrogen and oxygen atoms in total. The Labute approximate surface area is 122 Å². The van der Waals surface area contributed by atoms with Gasteiger partial charge in [-0.25, -0.2) is 0 Å². The molecule has 3 N–H and O–H groups in total. The van der Waals surface area contributed by atoms with Crippen molar-refractivity contribution >= 4 is 17.4 Å². The lowest BCUT2D eigenvalue weighted by molar-refractivity contribution is 0.318. The van der Waals surface area contributed by atoms with Crippen molar-refractivity contribution in [1.82, 2.24) is 0 Å². The molecule has 0 heterocycles. The fourth-order valence-corrected chi connectivity index (χ4v) is 1.95. The lowest BCUT2D eigenvalue weighted by Crippen LogP contribution is -2.14. The van der Waals surface area contributed by atoms with Crippen LogP contribution < -0.4 is 10.5 Å². The Hall–Kier alpha value is -2.20. The molecule has 0 radical (unpaired) electrons. The van der Waals surface area contributed by atoms with Gasteiger partial charge in [0.2, 0.25) is 0 Å². The molecule has 2 aromatic rings. The van der Waals surface area contributed by atoms with E-state index in [-0.39, 0.29) is 5.84 Å². The van der Waals surface area contributed by atoms with Crippen LogP contribution in [0, 0.1) is 13.8 Å². The van der Waals surface area contributed by atoms with Crippen LogP contribution in [0.25, 0.3) is 0 Å². The molecule has 0 aromatic heterocycles. The van der Waals surface area contributed by atoms with E-state index < -0.39 is 0 Å². The largest absolute Gasteiger partial charge is 0.456 e. The van der Waals surface area contributed by atoms with Gasteiger partial charge in [-0.2, -0.15) is 0 Å². The maximum absolute atomic E-state index is 8.85. The van der Waals surface area contributed by atoms with Gasteiger partial charge in [0.1, 0.15) is 11.5 Å². The van der Waals surface area contributed by atoms with Crippen molar-refractivity contribution < 1.29 is 9.94 Å². The number of oxime groups is 1.